The van der Waals surface area contributed by atoms with Gasteiger partial charge < -0.3 is 15.3 Å². The van der Waals surface area contributed by atoms with Crippen molar-refractivity contribution in [3.8, 4) is 6.07 Å². The van der Waals surface area contributed by atoms with E-state index in [2.05, 4.69) is 11.4 Å². The van der Waals surface area contributed by atoms with Gasteiger partial charge in [0.1, 0.15) is 5.82 Å². The molecule has 145 valence electrons. The number of piperidine rings is 2. The van der Waals surface area contributed by atoms with Gasteiger partial charge in [-0.15, -0.1) is 13.1 Å². The Morgan fingerprint density at radius 2 is 1.85 bits per heavy atom. The van der Waals surface area contributed by atoms with E-state index in [1.165, 1.54) is 17.2 Å². The van der Waals surface area contributed by atoms with Crippen molar-refractivity contribution in [2.75, 3.05) is 32.8 Å². The van der Waals surface area contributed by atoms with Gasteiger partial charge in [-0.2, -0.15) is 10.3 Å². The van der Waals surface area contributed by atoms with Crippen LogP contribution in [0.3, 0.4) is 0 Å². The van der Waals surface area contributed by atoms with Crippen LogP contribution < -0.4 is 0 Å². The summed E-state index contributed by atoms with van der Waals surface area (Å²) in [5.41, 5.74) is 2.39. The molecule has 27 heavy (non-hydrogen) atoms. The standard InChI is InChI=1S/C13H13FN2O.C7H14NO.Y/c14-12-3-1-10(2-4-12)13(9-15)11-5-7-16(17)8-6-11;1-2-9-7-3-5-8-6-4-7;/h1-4,17H,5-8H2;7H,2-6H2,1H3;/q;-1;. The van der Waals surface area contributed by atoms with Crippen LogP contribution in [0.25, 0.3) is 10.9 Å². The zero-order chi connectivity index (χ0) is 18.8. The fourth-order valence-corrected chi connectivity index (χ4v) is 3.11. The van der Waals surface area contributed by atoms with E-state index in [1.807, 2.05) is 6.92 Å². The molecule has 0 amide bonds. The predicted molar refractivity (Wildman–Crippen MR) is 99.3 cm³/mol. The first-order valence-electron chi connectivity index (χ1n) is 9.20. The number of allylic oxidation sites excluding steroid dienone is 1. The van der Waals surface area contributed by atoms with E-state index < -0.39 is 0 Å². The number of ether oxygens (including phenoxy) is 1. The molecule has 2 heterocycles. The summed E-state index contributed by atoms with van der Waals surface area (Å²) in [6.45, 7) is 6.00. The fraction of sp³-hybridized carbons (Fsp3) is 0.550. The van der Waals surface area contributed by atoms with Gasteiger partial charge >= 0.3 is 0 Å². The van der Waals surface area contributed by atoms with Crippen LogP contribution >= 0.6 is 0 Å². The van der Waals surface area contributed by atoms with Gasteiger partial charge in [-0.1, -0.05) is 12.1 Å². The van der Waals surface area contributed by atoms with Gasteiger partial charge in [0.05, 0.1) is 17.7 Å². The van der Waals surface area contributed by atoms with E-state index in [4.69, 9.17) is 4.74 Å². The van der Waals surface area contributed by atoms with Crippen LogP contribution in [0.15, 0.2) is 29.8 Å². The quantitative estimate of drug-likeness (QED) is 0.705. The zero-order valence-corrected chi connectivity index (χ0v) is 18.7. The number of halogens is 1. The molecule has 0 saturated carbocycles. The summed E-state index contributed by atoms with van der Waals surface area (Å²) < 4.78 is 18.2. The number of rotatable bonds is 3. The maximum atomic E-state index is 12.8. The van der Waals surface area contributed by atoms with Crippen LogP contribution in [0, 0.1) is 17.1 Å². The van der Waals surface area contributed by atoms with Crippen LogP contribution in [-0.4, -0.2) is 49.2 Å². The molecule has 1 aromatic carbocycles. The second-order valence-electron chi connectivity index (χ2n) is 6.38. The summed E-state index contributed by atoms with van der Waals surface area (Å²) >= 11 is 0. The summed E-state index contributed by atoms with van der Waals surface area (Å²) in [6.07, 6.45) is 4.13. The van der Waals surface area contributed by atoms with Crippen LogP contribution in [0.5, 0.6) is 0 Å². The summed E-state index contributed by atoms with van der Waals surface area (Å²) in [5, 5.41) is 23.9. The number of hydrogen-bond donors (Lipinski definition) is 1. The van der Waals surface area contributed by atoms with E-state index >= 15 is 0 Å². The molecule has 5 nitrogen and oxygen atoms in total. The Morgan fingerprint density at radius 3 is 2.37 bits per heavy atom. The Kier molecular flexibility index (Phi) is 12.2. The average molecular weight is 449 g/mol. The van der Waals surface area contributed by atoms with Crippen LogP contribution in [-0.2, 0) is 37.4 Å². The molecule has 2 fully saturated rings. The Morgan fingerprint density at radius 1 is 1.26 bits per heavy atom. The summed E-state index contributed by atoms with van der Waals surface area (Å²) in [7, 11) is 0. The normalized spacial score (nSPS) is 17.9. The Balaban J connectivity index is 0.000000310. The van der Waals surface area contributed by atoms with Crippen molar-refractivity contribution < 1.29 is 47.0 Å². The molecular formula is C20H27FN3O2Y-. The van der Waals surface area contributed by atoms with E-state index in [0.717, 1.165) is 43.7 Å². The van der Waals surface area contributed by atoms with Crippen molar-refractivity contribution in [3.05, 3.63) is 46.5 Å². The van der Waals surface area contributed by atoms with Gasteiger partial charge in [-0.05, 0) is 55.9 Å². The molecule has 1 aromatic rings. The Hall–Kier alpha value is -0.676. The van der Waals surface area contributed by atoms with Crippen LogP contribution in [0.1, 0.15) is 38.2 Å². The molecule has 0 aromatic heterocycles. The van der Waals surface area contributed by atoms with E-state index in [-0.39, 0.29) is 38.5 Å². The van der Waals surface area contributed by atoms with Gasteiger partial charge in [-0.3, -0.25) is 0 Å². The molecule has 0 spiro atoms. The molecular weight excluding hydrogens is 422 g/mol. The minimum absolute atomic E-state index is 0. The zero-order valence-electron chi connectivity index (χ0n) is 15.9. The van der Waals surface area contributed by atoms with Gasteiger partial charge in [0.15, 0.2) is 0 Å². The van der Waals surface area contributed by atoms with E-state index in [1.54, 1.807) is 12.1 Å². The second-order valence-corrected chi connectivity index (χ2v) is 6.38. The molecule has 0 atom stereocenters. The van der Waals surface area contributed by atoms with E-state index in [0.29, 0.717) is 37.6 Å². The van der Waals surface area contributed by atoms with E-state index in [9.17, 15) is 14.9 Å². The van der Waals surface area contributed by atoms with Gasteiger partial charge in [0, 0.05) is 52.4 Å². The number of nitrogens with zero attached hydrogens (tertiary/aromatic N) is 3. The smallest absolute Gasteiger partial charge is 0.123 e. The number of benzene rings is 1. The molecule has 0 aliphatic carbocycles. The van der Waals surface area contributed by atoms with Crippen LogP contribution in [0.4, 0.5) is 4.39 Å². The Labute approximate surface area is 186 Å². The largest absolute Gasteiger partial charge is 0.662 e. The molecule has 2 aliphatic heterocycles. The van der Waals surface area contributed by atoms with Crippen molar-refractivity contribution >= 4 is 5.57 Å². The summed E-state index contributed by atoms with van der Waals surface area (Å²) in [4.78, 5) is 0. The number of hydrogen-bond acceptors (Lipinski definition) is 4. The van der Waals surface area contributed by atoms with Gasteiger partial charge in [-0.25, -0.2) is 4.39 Å². The third-order valence-electron chi connectivity index (χ3n) is 4.56. The molecule has 0 unspecified atom stereocenters. The molecule has 0 bridgehead atoms. The number of nitriles is 1. The summed E-state index contributed by atoms with van der Waals surface area (Å²) in [6, 6.07) is 8.13. The molecule has 3 rings (SSSR count). The fourth-order valence-electron chi connectivity index (χ4n) is 3.11. The van der Waals surface area contributed by atoms with Crippen molar-refractivity contribution in [3.63, 3.8) is 0 Å². The van der Waals surface area contributed by atoms with Crippen molar-refractivity contribution in [1.82, 2.24) is 5.06 Å². The van der Waals surface area contributed by atoms with Crippen molar-refractivity contribution in [1.29, 1.82) is 5.26 Å². The SMILES string of the molecule is CCOC1CC[N-]CC1.N#CC(=C1CCN(O)CC1)c1ccc(F)cc1.[Y]. The van der Waals surface area contributed by atoms with Gasteiger partial charge in [0.2, 0.25) is 0 Å². The van der Waals surface area contributed by atoms with Crippen LogP contribution in [0.2, 0.25) is 0 Å². The maximum absolute atomic E-state index is 12.8. The molecule has 7 heteroatoms. The first-order chi connectivity index (χ1) is 12.6. The first-order valence-corrected chi connectivity index (χ1v) is 9.20. The van der Waals surface area contributed by atoms with Crippen molar-refractivity contribution in [2.45, 2.75) is 38.7 Å². The second kappa shape index (κ2) is 13.5. The minimum Gasteiger partial charge on any atom is -0.662 e. The first kappa shape index (κ1) is 24.4. The topological polar surface area (TPSA) is 70.6 Å². The third kappa shape index (κ3) is 8.47. The average Bonchev–Trinajstić information content (AvgIpc) is 2.67. The predicted octanol–water partition coefficient (Wildman–Crippen LogP) is 4.14. The van der Waals surface area contributed by atoms with Crippen molar-refractivity contribution in [2.24, 2.45) is 0 Å². The minimum atomic E-state index is -0.304. The molecule has 1 N–H and O–H groups in total. The molecule has 1 radical (unpaired) electrons. The molecule has 2 aliphatic rings. The molecule has 2 saturated heterocycles. The number of hydroxylamine groups is 2. The third-order valence-corrected chi connectivity index (χ3v) is 4.56. The maximum Gasteiger partial charge on any atom is 0.123 e. The van der Waals surface area contributed by atoms with Gasteiger partial charge in [0.25, 0.3) is 0 Å². The monoisotopic (exact) mass is 449 g/mol. The Bertz CT molecular complexity index is 612. The summed E-state index contributed by atoms with van der Waals surface area (Å²) in [5.74, 6) is -0.304.